The van der Waals surface area contributed by atoms with Gasteiger partial charge in [-0.2, -0.15) is 0 Å². The predicted molar refractivity (Wildman–Crippen MR) is 47.3 cm³/mol. The number of allylic oxidation sites excluding steroid dienone is 1. The number of hydrogen-bond donors (Lipinski definition) is 0. The molecule has 0 rings (SSSR count). The molecule has 0 radical (unpaired) electrons. The van der Waals surface area contributed by atoms with Crippen molar-refractivity contribution >= 4 is 18.2 Å². The van der Waals surface area contributed by atoms with Crippen LogP contribution in [0, 0.1) is 5.92 Å². The fourth-order valence-electron chi connectivity index (χ4n) is 0.907. The molecule has 78 valence electrons. The van der Waals surface area contributed by atoms with Crippen LogP contribution in [0.3, 0.4) is 0 Å². The molecule has 0 aromatic heterocycles. The molecule has 0 spiro atoms. The van der Waals surface area contributed by atoms with Gasteiger partial charge in [-0.25, -0.2) is 0 Å². The fraction of sp³-hybridized carbons (Fsp3) is 0.444. The molecular formula is C9H12O5. The van der Waals surface area contributed by atoms with Crippen LogP contribution in [0.4, 0.5) is 0 Å². The van der Waals surface area contributed by atoms with Crippen LogP contribution in [0.15, 0.2) is 11.6 Å². The third kappa shape index (κ3) is 3.01. The highest BCUT2D eigenvalue weighted by atomic mass is 16.5. The Bertz CT molecular complexity index is 250. The van der Waals surface area contributed by atoms with Gasteiger partial charge in [-0.15, -0.1) is 0 Å². The molecule has 5 nitrogen and oxygen atoms in total. The third-order valence-electron chi connectivity index (χ3n) is 1.66. The second kappa shape index (κ2) is 5.90. The zero-order chi connectivity index (χ0) is 11.1. The van der Waals surface area contributed by atoms with E-state index in [1.54, 1.807) is 0 Å². The normalized spacial score (nSPS) is 11.0. The largest absolute Gasteiger partial charge is 0.468 e. The van der Waals surface area contributed by atoms with Gasteiger partial charge in [0.25, 0.3) is 0 Å². The molecule has 0 saturated heterocycles. The van der Waals surface area contributed by atoms with E-state index in [2.05, 4.69) is 9.47 Å². The summed E-state index contributed by atoms with van der Waals surface area (Å²) in [4.78, 5) is 32.5. The second-order valence-corrected chi connectivity index (χ2v) is 2.53. The quantitative estimate of drug-likeness (QED) is 0.278. The molecule has 0 bridgehead atoms. The Morgan fingerprint density at radius 1 is 1.14 bits per heavy atom. The van der Waals surface area contributed by atoms with Crippen LogP contribution in [-0.4, -0.2) is 32.4 Å². The van der Waals surface area contributed by atoms with Crippen LogP contribution < -0.4 is 0 Å². The van der Waals surface area contributed by atoms with Crippen molar-refractivity contribution in [3.63, 3.8) is 0 Å². The maximum absolute atomic E-state index is 11.1. The summed E-state index contributed by atoms with van der Waals surface area (Å²) in [6, 6.07) is 0. The van der Waals surface area contributed by atoms with E-state index in [0.717, 1.165) is 20.3 Å². The van der Waals surface area contributed by atoms with Crippen LogP contribution in [-0.2, 0) is 23.9 Å². The Balaban J connectivity index is 4.90. The first kappa shape index (κ1) is 12.3. The van der Waals surface area contributed by atoms with Crippen molar-refractivity contribution in [1.29, 1.82) is 0 Å². The minimum Gasteiger partial charge on any atom is -0.468 e. The molecule has 0 aromatic rings. The Morgan fingerprint density at radius 2 is 1.57 bits per heavy atom. The smallest absolute Gasteiger partial charge is 0.324 e. The van der Waals surface area contributed by atoms with Crippen molar-refractivity contribution in [3.8, 4) is 0 Å². The van der Waals surface area contributed by atoms with Crippen LogP contribution in [0.2, 0.25) is 0 Å². The van der Waals surface area contributed by atoms with Gasteiger partial charge < -0.3 is 9.47 Å². The Labute approximate surface area is 81.7 Å². The maximum atomic E-state index is 11.1. The lowest BCUT2D eigenvalue weighted by Crippen LogP contribution is -2.27. The summed E-state index contributed by atoms with van der Waals surface area (Å²) < 4.78 is 8.81. The van der Waals surface area contributed by atoms with Crippen LogP contribution in [0.5, 0.6) is 0 Å². The minimum atomic E-state index is -1.16. The maximum Gasteiger partial charge on any atom is 0.324 e. The van der Waals surface area contributed by atoms with Gasteiger partial charge in [0.05, 0.1) is 14.2 Å². The fourth-order valence-corrected chi connectivity index (χ4v) is 0.907. The summed E-state index contributed by atoms with van der Waals surface area (Å²) in [5.74, 6) is -2.64. The van der Waals surface area contributed by atoms with Gasteiger partial charge in [0.2, 0.25) is 0 Å². The highest BCUT2D eigenvalue weighted by molar-refractivity contribution is 5.98. The molecule has 0 unspecified atom stereocenters. The second-order valence-electron chi connectivity index (χ2n) is 2.53. The van der Waals surface area contributed by atoms with Crippen LogP contribution in [0.1, 0.15) is 6.92 Å². The Morgan fingerprint density at radius 3 is 1.86 bits per heavy atom. The SMILES string of the molecule is COC(=O)C(C(=O)OC)/C(C)=C/C=O. The van der Waals surface area contributed by atoms with Crippen molar-refractivity contribution in [2.45, 2.75) is 6.92 Å². The molecule has 0 atom stereocenters. The molecule has 14 heavy (non-hydrogen) atoms. The Kier molecular flexibility index (Phi) is 5.21. The van der Waals surface area contributed by atoms with Crippen molar-refractivity contribution in [2.75, 3.05) is 14.2 Å². The van der Waals surface area contributed by atoms with Crippen molar-refractivity contribution in [3.05, 3.63) is 11.6 Å². The average molecular weight is 200 g/mol. The minimum absolute atomic E-state index is 0.290. The third-order valence-corrected chi connectivity index (χ3v) is 1.66. The highest BCUT2D eigenvalue weighted by Crippen LogP contribution is 2.13. The molecule has 0 aliphatic rings. The van der Waals surface area contributed by atoms with E-state index in [-0.39, 0.29) is 0 Å². The zero-order valence-corrected chi connectivity index (χ0v) is 8.27. The van der Waals surface area contributed by atoms with Gasteiger partial charge in [0.1, 0.15) is 6.29 Å². The first-order valence-corrected chi connectivity index (χ1v) is 3.86. The van der Waals surface area contributed by atoms with E-state index in [1.807, 2.05) is 0 Å². The monoisotopic (exact) mass is 200 g/mol. The van der Waals surface area contributed by atoms with Crippen molar-refractivity contribution in [1.82, 2.24) is 0 Å². The van der Waals surface area contributed by atoms with Crippen molar-refractivity contribution < 1.29 is 23.9 Å². The zero-order valence-electron chi connectivity index (χ0n) is 8.27. The number of esters is 2. The highest BCUT2D eigenvalue weighted by Gasteiger charge is 2.29. The van der Waals surface area contributed by atoms with E-state index in [1.165, 1.54) is 6.92 Å². The molecule has 0 N–H and O–H groups in total. The number of aldehydes is 1. The Hall–Kier alpha value is -1.65. The van der Waals surface area contributed by atoms with E-state index in [4.69, 9.17) is 0 Å². The summed E-state index contributed by atoms with van der Waals surface area (Å²) in [6.07, 6.45) is 1.62. The molecule has 0 amide bonds. The standard InChI is InChI=1S/C9H12O5/c1-6(4-5-10)7(8(11)13-2)9(12)14-3/h4-5,7H,1-3H3/b6-4+. The number of ether oxygens (including phenoxy) is 2. The lowest BCUT2D eigenvalue weighted by Gasteiger charge is -2.11. The first-order valence-electron chi connectivity index (χ1n) is 3.86. The number of carbonyl (C=O) groups excluding carboxylic acids is 3. The number of hydrogen-bond acceptors (Lipinski definition) is 5. The molecule has 5 heteroatoms. The van der Waals surface area contributed by atoms with Gasteiger partial charge in [-0.3, -0.25) is 14.4 Å². The molecule has 0 aliphatic carbocycles. The molecule has 0 fully saturated rings. The van der Waals surface area contributed by atoms with E-state index >= 15 is 0 Å². The van der Waals surface area contributed by atoms with E-state index in [0.29, 0.717) is 11.9 Å². The first-order chi connectivity index (χ1) is 6.58. The lowest BCUT2D eigenvalue weighted by atomic mass is 10.0. The van der Waals surface area contributed by atoms with Crippen molar-refractivity contribution in [2.24, 2.45) is 5.92 Å². The average Bonchev–Trinajstić information content (AvgIpc) is 2.17. The van der Waals surface area contributed by atoms with Gasteiger partial charge >= 0.3 is 11.9 Å². The van der Waals surface area contributed by atoms with Gasteiger partial charge in [0.15, 0.2) is 5.92 Å². The summed E-state index contributed by atoms with van der Waals surface area (Å²) >= 11 is 0. The van der Waals surface area contributed by atoms with Crippen LogP contribution >= 0.6 is 0 Å². The summed E-state index contributed by atoms with van der Waals surface area (Å²) in [6.45, 7) is 1.48. The molecular weight excluding hydrogens is 188 g/mol. The predicted octanol–water partition coefficient (Wildman–Crippen LogP) is 0.0938. The number of rotatable bonds is 4. The topological polar surface area (TPSA) is 69.7 Å². The molecule has 0 aromatic carbocycles. The number of carbonyl (C=O) groups is 3. The van der Waals surface area contributed by atoms with E-state index < -0.39 is 17.9 Å². The lowest BCUT2D eigenvalue weighted by molar-refractivity contribution is -0.156. The molecule has 0 heterocycles. The van der Waals surface area contributed by atoms with Gasteiger partial charge in [-0.1, -0.05) is 0 Å². The van der Waals surface area contributed by atoms with Gasteiger partial charge in [-0.05, 0) is 18.6 Å². The molecule has 0 aliphatic heterocycles. The number of methoxy groups -OCH3 is 2. The summed E-state index contributed by atoms with van der Waals surface area (Å²) in [5.41, 5.74) is 0.290. The van der Waals surface area contributed by atoms with Gasteiger partial charge in [0, 0.05) is 0 Å². The van der Waals surface area contributed by atoms with E-state index in [9.17, 15) is 14.4 Å². The summed E-state index contributed by atoms with van der Waals surface area (Å²) in [5, 5.41) is 0. The molecule has 0 saturated carbocycles. The summed E-state index contributed by atoms with van der Waals surface area (Å²) in [7, 11) is 2.32. The van der Waals surface area contributed by atoms with Crippen LogP contribution in [0.25, 0.3) is 0 Å².